The van der Waals surface area contributed by atoms with E-state index in [1.165, 1.54) is 0 Å². The fourth-order valence-corrected chi connectivity index (χ4v) is 2.21. The molecule has 0 radical (unpaired) electrons. The third-order valence-corrected chi connectivity index (χ3v) is 3.67. The summed E-state index contributed by atoms with van der Waals surface area (Å²) < 4.78 is 15.8. The quantitative estimate of drug-likeness (QED) is 0.683. The molecule has 0 amide bonds. The molecule has 1 aromatic heterocycles. The van der Waals surface area contributed by atoms with Gasteiger partial charge in [0.25, 0.3) is 0 Å². The fourth-order valence-electron chi connectivity index (χ4n) is 2.21. The van der Waals surface area contributed by atoms with E-state index in [4.69, 9.17) is 14.0 Å². The largest absolute Gasteiger partial charge is 0.465 e. The summed E-state index contributed by atoms with van der Waals surface area (Å²) in [5, 5.41) is 3.94. The zero-order valence-electron chi connectivity index (χ0n) is 12.9. The van der Waals surface area contributed by atoms with E-state index in [0.717, 1.165) is 6.42 Å². The van der Waals surface area contributed by atoms with E-state index in [0.29, 0.717) is 31.2 Å². The zero-order valence-corrected chi connectivity index (χ0v) is 12.9. The molecule has 0 fully saturated rings. The second kappa shape index (κ2) is 7.38. The monoisotopic (exact) mass is 284 g/mol. The molecule has 6 nitrogen and oxygen atoms in total. The first-order chi connectivity index (χ1) is 9.59. The van der Waals surface area contributed by atoms with Crippen molar-refractivity contribution in [1.82, 2.24) is 10.1 Å². The topological polar surface area (TPSA) is 74.5 Å². The summed E-state index contributed by atoms with van der Waals surface area (Å²) in [5.74, 6) is 0.470. The van der Waals surface area contributed by atoms with Crippen molar-refractivity contribution in [3.63, 3.8) is 0 Å². The van der Waals surface area contributed by atoms with Crippen LogP contribution in [-0.2, 0) is 19.7 Å². The van der Waals surface area contributed by atoms with E-state index in [2.05, 4.69) is 10.1 Å². The summed E-state index contributed by atoms with van der Waals surface area (Å²) >= 11 is 0. The van der Waals surface area contributed by atoms with E-state index in [1.54, 1.807) is 14.0 Å². The lowest BCUT2D eigenvalue weighted by atomic mass is 9.82. The average molecular weight is 284 g/mol. The lowest BCUT2D eigenvalue weighted by Gasteiger charge is -2.24. The van der Waals surface area contributed by atoms with Gasteiger partial charge in [-0.15, -0.1) is 0 Å². The second-order valence-corrected chi connectivity index (χ2v) is 4.60. The Morgan fingerprint density at radius 3 is 2.40 bits per heavy atom. The van der Waals surface area contributed by atoms with Crippen LogP contribution in [0.1, 0.15) is 64.8 Å². The maximum absolute atomic E-state index is 12.3. The minimum absolute atomic E-state index is 0.221. The molecule has 114 valence electrons. The average Bonchev–Trinajstić information content (AvgIpc) is 2.93. The smallest absolute Gasteiger partial charge is 0.321 e. The van der Waals surface area contributed by atoms with Crippen LogP contribution in [0.5, 0.6) is 0 Å². The Kier molecular flexibility index (Phi) is 6.13. The molecule has 0 aliphatic carbocycles. The van der Waals surface area contributed by atoms with Gasteiger partial charge in [-0.25, -0.2) is 0 Å². The fraction of sp³-hybridized carbons (Fsp3) is 0.786. The third-order valence-electron chi connectivity index (χ3n) is 3.67. The SMILES string of the molecule is CCOC(=O)C(CC)(CC)c1nc(C(CC)OC)no1. The van der Waals surface area contributed by atoms with Crippen molar-refractivity contribution in [2.24, 2.45) is 0 Å². The van der Waals surface area contributed by atoms with Crippen molar-refractivity contribution in [3.05, 3.63) is 11.7 Å². The van der Waals surface area contributed by atoms with Crippen molar-refractivity contribution in [1.29, 1.82) is 0 Å². The van der Waals surface area contributed by atoms with Gasteiger partial charge in [-0.05, 0) is 26.2 Å². The van der Waals surface area contributed by atoms with Gasteiger partial charge in [-0.3, -0.25) is 4.79 Å². The Hall–Kier alpha value is -1.43. The predicted octanol–water partition coefficient (Wildman–Crippen LogP) is 2.79. The highest BCUT2D eigenvalue weighted by Crippen LogP contribution is 2.33. The van der Waals surface area contributed by atoms with Crippen LogP contribution in [-0.4, -0.2) is 29.8 Å². The highest BCUT2D eigenvalue weighted by molar-refractivity contribution is 5.81. The Bertz CT molecular complexity index is 423. The molecule has 1 rings (SSSR count). The van der Waals surface area contributed by atoms with E-state index < -0.39 is 5.41 Å². The van der Waals surface area contributed by atoms with Crippen LogP contribution in [0.15, 0.2) is 4.52 Å². The first-order valence-electron chi connectivity index (χ1n) is 7.13. The van der Waals surface area contributed by atoms with Gasteiger partial charge in [0.15, 0.2) is 0 Å². The summed E-state index contributed by atoms with van der Waals surface area (Å²) in [7, 11) is 1.60. The molecule has 0 aliphatic rings. The summed E-state index contributed by atoms with van der Waals surface area (Å²) in [4.78, 5) is 16.6. The molecule has 0 aromatic carbocycles. The first-order valence-corrected chi connectivity index (χ1v) is 7.13. The highest BCUT2D eigenvalue weighted by Gasteiger charge is 2.44. The van der Waals surface area contributed by atoms with Gasteiger partial charge in [-0.1, -0.05) is 25.9 Å². The molecule has 20 heavy (non-hydrogen) atoms. The lowest BCUT2D eigenvalue weighted by Crippen LogP contribution is -2.37. The molecule has 0 spiro atoms. The van der Waals surface area contributed by atoms with E-state index in [1.807, 2.05) is 20.8 Å². The predicted molar refractivity (Wildman–Crippen MR) is 73.2 cm³/mol. The third kappa shape index (κ3) is 3.00. The molecule has 1 unspecified atom stereocenters. The number of ether oxygens (including phenoxy) is 2. The first kappa shape index (κ1) is 16.6. The molecule has 1 heterocycles. The minimum atomic E-state index is -0.868. The Balaban J connectivity index is 3.13. The van der Waals surface area contributed by atoms with Gasteiger partial charge < -0.3 is 14.0 Å². The van der Waals surface area contributed by atoms with E-state index >= 15 is 0 Å². The Morgan fingerprint density at radius 2 is 1.95 bits per heavy atom. The van der Waals surface area contributed by atoms with Gasteiger partial charge in [0.2, 0.25) is 11.7 Å². The maximum Gasteiger partial charge on any atom is 0.321 e. The summed E-state index contributed by atoms with van der Waals surface area (Å²) in [6.45, 7) is 7.92. The van der Waals surface area contributed by atoms with Gasteiger partial charge in [0.1, 0.15) is 11.5 Å². The highest BCUT2D eigenvalue weighted by atomic mass is 16.5. The van der Waals surface area contributed by atoms with Crippen LogP contribution in [0.3, 0.4) is 0 Å². The van der Waals surface area contributed by atoms with Crippen LogP contribution in [0.2, 0.25) is 0 Å². The van der Waals surface area contributed by atoms with Crippen LogP contribution < -0.4 is 0 Å². The molecule has 6 heteroatoms. The van der Waals surface area contributed by atoms with E-state index in [-0.39, 0.29) is 12.1 Å². The van der Waals surface area contributed by atoms with Gasteiger partial charge >= 0.3 is 5.97 Å². The number of hydrogen-bond donors (Lipinski definition) is 0. The Morgan fingerprint density at radius 1 is 1.30 bits per heavy atom. The van der Waals surface area contributed by atoms with Crippen molar-refractivity contribution in [2.45, 2.75) is 58.5 Å². The van der Waals surface area contributed by atoms with Crippen LogP contribution in [0.25, 0.3) is 0 Å². The van der Waals surface area contributed by atoms with Gasteiger partial charge in [0.05, 0.1) is 6.61 Å². The van der Waals surface area contributed by atoms with E-state index in [9.17, 15) is 4.79 Å². The molecule has 0 N–H and O–H groups in total. The minimum Gasteiger partial charge on any atom is -0.465 e. The van der Waals surface area contributed by atoms with Crippen molar-refractivity contribution >= 4 is 5.97 Å². The number of carbonyl (C=O) groups excluding carboxylic acids is 1. The Labute approximate surface area is 119 Å². The number of esters is 1. The molecule has 0 bridgehead atoms. The maximum atomic E-state index is 12.3. The molecule has 1 aromatic rings. The van der Waals surface area contributed by atoms with Crippen molar-refractivity contribution in [2.75, 3.05) is 13.7 Å². The molecular weight excluding hydrogens is 260 g/mol. The molecule has 0 saturated carbocycles. The summed E-state index contributed by atoms with van der Waals surface area (Å²) in [5.41, 5.74) is -0.868. The zero-order chi connectivity index (χ0) is 15.2. The standard InChI is InChI=1S/C14H24N2O4/c1-6-10(18-5)11-15-12(20-16-11)14(7-2,8-3)13(17)19-9-4/h10H,6-9H2,1-5H3. The van der Waals surface area contributed by atoms with Crippen LogP contribution >= 0.6 is 0 Å². The molecule has 1 atom stereocenters. The normalized spacial score (nSPS) is 13.2. The summed E-state index contributed by atoms with van der Waals surface area (Å²) in [6.07, 6.45) is 1.61. The number of carbonyl (C=O) groups is 1. The second-order valence-electron chi connectivity index (χ2n) is 4.60. The lowest BCUT2D eigenvalue weighted by molar-refractivity contribution is -0.151. The van der Waals surface area contributed by atoms with Gasteiger partial charge in [-0.2, -0.15) is 4.98 Å². The molecule has 0 aliphatic heterocycles. The van der Waals surface area contributed by atoms with Crippen molar-refractivity contribution in [3.8, 4) is 0 Å². The van der Waals surface area contributed by atoms with Crippen molar-refractivity contribution < 1.29 is 18.8 Å². The number of rotatable bonds is 8. The molecular formula is C14H24N2O4. The van der Waals surface area contributed by atoms with Gasteiger partial charge in [0, 0.05) is 7.11 Å². The number of methoxy groups -OCH3 is 1. The van der Waals surface area contributed by atoms with Crippen LogP contribution in [0.4, 0.5) is 0 Å². The number of nitrogens with zero attached hydrogens (tertiary/aromatic N) is 2. The molecule has 0 saturated heterocycles. The number of hydrogen-bond acceptors (Lipinski definition) is 6. The number of aromatic nitrogens is 2. The summed E-state index contributed by atoms with van der Waals surface area (Å²) in [6, 6.07) is 0. The van der Waals surface area contributed by atoms with Crippen LogP contribution in [0, 0.1) is 0 Å².